The summed E-state index contributed by atoms with van der Waals surface area (Å²) >= 11 is 4.13. The zero-order valence-electron chi connectivity index (χ0n) is 20.4. The number of imidazole rings is 1. The smallest absolute Gasteiger partial charge is 0.326 e. The second kappa shape index (κ2) is 15.6. The number of nitrogens with one attached hydrogen (secondary N) is 4. The van der Waals surface area contributed by atoms with Crippen molar-refractivity contribution in [3.63, 3.8) is 0 Å². The van der Waals surface area contributed by atoms with E-state index in [4.69, 9.17) is 17.2 Å². The first-order chi connectivity index (χ1) is 16.9. The van der Waals surface area contributed by atoms with Gasteiger partial charge in [0, 0.05) is 30.6 Å². The Labute approximate surface area is 215 Å². The van der Waals surface area contributed by atoms with Crippen molar-refractivity contribution >= 4 is 42.3 Å². The molecule has 36 heavy (non-hydrogen) atoms. The normalized spacial score (nSPS) is 14.2. The molecular formula is C21H37N9O5S. The van der Waals surface area contributed by atoms with E-state index in [1.54, 1.807) is 0 Å². The Balaban J connectivity index is 2.88. The highest BCUT2D eigenvalue weighted by Gasteiger charge is 2.30. The number of nitrogens with zero attached hydrogens (tertiary/aromatic N) is 2. The van der Waals surface area contributed by atoms with Gasteiger partial charge < -0.3 is 43.2 Å². The summed E-state index contributed by atoms with van der Waals surface area (Å²) in [6, 6.07) is -4.27. The van der Waals surface area contributed by atoms with Crippen LogP contribution in [0.3, 0.4) is 0 Å². The molecule has 0 radical (unpaired) electrons. The summed E-state index contributed by atoms with van der Waals surface area (Å²) in [5.74, 6) is -3.30. The van der Waals surface area contributed by atoms with E-state index in [0.717, 1.165) is 0 Å². The number of rotatable bonds is 16. The number of carbonyl (C=O) groups excluding carboxylic acids is 3. The number of aliphatic carboxylic acids is 1. The Kier molecular flexibility index (Phi) is 13.3. The highest BCUT2D eigenvalue weighted by molar-refractivity contribution is 7.80. The molecule has 0 aliphatic carbocycles. The SMILES string of the molecule is CC(C)CC(NC(=O)C(CCCN=C(N)N)NC(=O)C(CS)NC(=O)C(N)Cc1cnc[nH]1)C(=O)O. The molecule has 11 N–H and O–H groups in total. The van der Waals surface area contributed by atoms with E-state index >= 15 is 0 Å². The Morgan fingerprint density at radius 2 is 1.69 bits per heavy atom. The van der Waals surface area contributed by atoms with E-state index in [2.05, 4.69) is 43.5 Å². The van der Waals surface area contributed by atoms with E-state index in [1.165, 1.54) is 12.5 Å². The number of aliphatic imine (C=N–C) groups is 1. The summed E-state index contributed by atoms with van der Waals surface area (Å²) in [5, 5.41) is 17.0. The first-order valence-electron chi connectivity index (χ1n) is 11.5. The Morgan fingerprint density at radius 1 is 1.08 bits per heavy atom. The van der Waals surface area contributed by atoms with Crippen molar-refractivity contribution < 1.29 is 24.3 Å². The van der Waals surface area contributed by atoms with Gasteiger partial charge in [-0.25, -0.2) is 9.78 Å². The molecule has 0 bridgehead atoms. The van der Waals surface area contributed by atoms with E-state index in [-0.39, 0.29) is 43.4 Å². The average Bonchev–Trinajstić information content (AvgIpc) is 3.30. The van der Waals surface area contributed by atoms with E-state index in [9.17, 15) is 24.3 Å². The van der Waals surface area contributed by atoms with E-state index in [0.29, 0.717) is 12.1 Å². The number of carboxylic acids is 1. The summed E-state index contributed by atoms with van der Waals surface area (Å²) in [5.41, 5.74) is 17.2. The maximum absolute atomic E-state index is 12.9. The summed E-state index contributed by atoms with van der Waals surface area (Å²) in [6.07, 6.45) is 3.82. The van der Waals surface area contributed by atoms with Crippen molar-refractivity contribution in [3.05, 3.63) is 18.2 Å². The van der Waals surface area contributed by atoms with Crippen LogP contribution in [0.25, 0.3) is 0 Å². The summed E-state index contributed by atoms with van der Waals surface area (Å²) in [6.45, 7) is 3.85. The second-order valence-electron chi connectivity index (χ2n) is 8.67. The molecule has 4 atom stereocenters. The molecule has 0 aliphatic rings. The first-order valence-corrected chi connectivity index (χ1v) is 12.1. The number of guanidine groups is 1. The van der Waals surface area contributed by atoms with Gasteiger partial charge in [0.2, 0.25) is 17.7 Å². The number of aromatic nitrogens is 2. The molecule has 0 saturated carbocycles. The lowest BCUT2D eigenvalue weighted by molar-refractivity contribution is -0.142. The third-order valence-corrected chi connectivity index (χ3v) is 5.41. The number of thiol groups is 1. The van der Waals surface area contributed by atoms with E-state index < -0.39 is 47.9 Å². The van der Waals surface area contributed by atoms with Gasteiger partial charge in [-0.05, 0) is 25.2 Å². The Bertz CT molecular complexity index is 890. The summed E-state index contributed by atoms with van der Waals surface area (Å²) < 4.78 is 0. The number of hydrogen-bond acceptors (Lipinski definition) is 8. The van der Waals surface area contributed by atoms with Gasteiger partial charge in [-0.1, -0.05) is 13.8 Å². The number of amides is 3. The van der Waals surface area contributed by atoms with Gasteiger partial charge >= 0.3 is 5.97 Å². The highest BCUT2D eigenvalue weighted by Crippen LogP contribution is 2.07. The first kappa shape index (κ1) is 30.7. The molecule has 1 heterocycles. The van der Waals surface area contributed by atoms with Gasteiger partial charge in [-0.2, -0.15) is 12.6 Å². The maximum atomic E-state index is 12.9. The fourth-order valence-electron chi connectivity index (χ4n) is 3.21. The third-order valence-electron chi connectivity index (χ3n) is 5.05. The Morgan fingerprint density at radius 3 is 2.22 bits per heavy atom. The molecule has 3 amide bonds. The molecule has 0 fully saturated rings. The van der Waals surface area contributed by atoms with Crippen LogP contribution in [0.1, 0.15) is 38.8 Å². The lowest BCUT2D eigenvalue weighted by atomic mass is 10.0. The van der Waals surface area contributed by atoms with Crippen molar-refractivity contribution in [2.75, 3.05) is 12.3 Å². The molecule has 0 saturated heterocycles. The summed E-state index contributed by atoms with van der Waals surface area (Å²) in [7, 11) is 0. The molecule has 4 unspecified atom stereocenters. The van der Waals surface area contributed by atoms with Gasteiger partial charge in [0.1, 0.15) is 18.1 Å². The molecule has 15 heteroatoms. The molecule has 0 spiro atoms. The van der Waals surface area contributed by atoms with Crippen LogP contribution in [0.5, 0.6) is 0 Å². The minimum absolute atomic E-state index is 0.0102. The molecule has 0 aromatic carbocycles. The number of carboxylic acid groups (broad SMARTS) is 1. The topological polar surface area (TPSA) is 244 Å². The lowest BCUT2D eigenvalue weighted by Crippen LogP contribution is -2.57. The standard InChI is InChI=1S/C21H37N9O5S/c1-11(2)6-15(20(34)35)29-18(32)14(4-3-5-26-21(23)24)28-19(33)16(9-36)30-17(31)13(22)7-12-8-25-10-27-12/h8,10-11,13-16,36H,3-7,9,22H2,1-2H3,(H,25,27)(H,28,33)(H,29,32)(H,30,31)(H,34,35)(H4,23,24,26). The summed E-state index contributed by atoms with van der Waals surface area (Å²) in [4.78, 5) is 60.4. The fourth-order valence-corrected chi connectivity index (χ4v) is 3.47. The Hall–Kier alpha value is -3.33. The molecule has 202 valence electrons. The third kappa shape index (κ3) is 11.4. The van der Waals surface area contributed by atoms with Crippen LogP contribution >= 0.6 is 12.6 Å². The predicted octanol–water partition coefficient (Wildman–Crippen LogP) is -2.15. The monoisotopic (exact) mass is 527 g/mol. The van der Waals surface area contributed by atoms with Crippen LogP contribution in [0.15, 0.2) is 17.5 Å². The zero-order chi connectivity index (χ0) is 27.3. The number of carbonyl (C=O) groups is 4. The second-order valence-corrected chi connectivity index (χ2v) is 9.04. The van der Waals surface area contributed by atoms with Gasteiger partial charge in [-0.15, -0.1) is 0 Å². The fraction of sp³-hybridized carbons (Fsp3) is 0.619. The van der Waals surface area contributed by atoms with Crippen molar-refractivity contribution in [2.24, 2.45) is 28.1 Å². The number of H-pyrrole nitrogens is 1. The van der Waals surface area contributed by atoms with Gasteiger partial charge in [-0.3, -0.25) is 19.4 Å². The van der Waals surface area contributed by atoms with Crippen LogP contribution in [0.4, 0.5) is 0 Å². The zero-order valence-corrected chi connectivity index (χ0v) is 21.3. The van der Waals surface area contributed by atoms with Crippen molar-refractivity contribution in [1.82, 2.24) is 25.9 Å². The molecule has 0 aliphatic heterocycles. The maximum Gasteiger partial charge on any atom is 0.326 e. The van der Waals surface area contributed by atoms with E-state index in [1.807, 2.05) is 13.8 Å². The molecule has 1 aromatic rings. The van der Waals surface area contributed by atoms with Gasteiger partial charge in [0.15, 0.2) is 5.96 Å². The van der Waals surface area contributed by atoms with Crippen molar-refractivity contribution in [3.8, 4) is 0 Å². The number of aromatic amines is 1. The minimum atomic E-state index is -1.19. The number of hydrogen-bond donors (Lipinski definition) is 9. The van der Waals surface area contributed by atoms with Crippen LogP contribution in [0.2, 0.25) is 0 Å². The minimum Gasteiger partial charge on any atom is -0.480 e. The van der Waals surface area contributed by atoms with Crippen molar-refractivity contribution in [2.45, 2.75) is 63.7 Å². The highest BCUT2D eigenvalue weighted by atomic mass is 32.1. The van der Waals surface area contributed by atoms with Gasteiger partial charge in [0.25, 0.3) is 0 Å². The largest absolute Gasteiger partial charge is 0.480 e. The van der Waals surface area contributed by atoms with Crippen LogP contribution in [0, 0.1) is 5.92 Å². The lowest BCUT2D eigenvalue weighted by Gasteiger charge is -2.25. The quantitative estimate of drug-likeness (QED) is 0.0491. The van der Waals surface area contributed by atoms with Gasteiger partial charge in [0.05, 0.1) is 12.4 Å². The predicted molar refractivity (Wildman–Crippen MR) is 137 cm³/mol. The molecule has 1 aromatic heterocycles. The van der Waals surface area contributed by atoms with Crippen molar-refractivity contribution in [1.29, 1.82) is 0 Å². The molecule has 1 rings (SSSR count). The van der Waals surface area contributed by atoms with Crippen LogP contribution in [-0.4, -0.2) is 81.2 Å². The number of nitrogens with two attached hydrogens (primary N) is 3. The average molecular weight is 528 g/mol. The molecule has 14 nitrogen and oxygen atoms in total. The van der Waals surface area contributed by atoms with Crippen LogP contribution in [-0.2, 0) is 25.6 Å². The molecular weight excluding hydrogens is 490 g/mol. The van der Waals surface area contributed by atoms with Crippen LogP contribution < -0.4 is 33.2 Å².